The Morgan fingerprint density at radius 1 is 0.649 bits per heavy atom. The van der Waals surface area contributed by atoms with Crippen LogP contribution in [-0.2, 0) is 41.9 Å². The van der Waals surface area contributed by atoms with Crippen LogP contribution in [0.2, 0.25) is 8.87 Å². The summed E-state index contributed by atoms with van der Waals surface area (Å²) in [4.78, 5) is 41.8. The van der Waals surface area contributed by atoms with Gasteiger partial charge in [0.2, 0.25) is 0 Å². The summed E-state index contributed by atoms with van der Waals surface area (Å²) in [6.45, 7) is 4.82. The minimum atomic E-state index is -1.42. The first-order valence-electron chi connectivity index (χ1n) is 11.7. The van der Waals surface area contributed by atoms with Crippen LogP contribution in [0.25, 0.3) is 0 Å². The maximum absolute atomic E-state index is 10.9. The molecule has 8 nitrogen and oxygen atoms in total. The van der Waals surface area contributed by atoms with Gasteiger partial charge in [0.05, 0.1) is 11.9 Å². The Morgan fingerprint density at radius 2 is 1.00 bits per heavy atom. The van der Waals surface area contributed by atoms with Crippen LogP contribution in [0.4, 0.5) is 0 Å². The molecule has 2 rings (SSSR count). The number of carboxylic acids is 2. The molecule has 0 fully saturated rings. The number of carbonyl (C=O) groups is 4. The zero-order valence-electron chi connectivity index (χ0n) is 21.1. The molecule has 0 amide bonds. The number of esters is 2. The Bertz CT molecular complexity index is 893. The van der Waals surface area contributed by atoms with E-state index in [1.54, 1.807) is 33.1 Å². The first-order valence-corrected chi connectivity index (χ1v) is 15.7. The molecule has 2 aromatic carbocycles. The summed E-state index contributed by atoms with van der Waals surface area (Å²) in [5, 5.41) is 19.9. The summed E-state index contributed by atoms with van der Waals surface area (Å²) >= 11 is 0.181. The van der Waals surface area contributed by atoms with Gasteiger partial charge in [-0.2, -0.15) is 0 Å². The number of ether oxygens (including phenoxy) is 2. The Labute approximate surface area is 228 Å². The van der Waals surface area contributed by atoms with Crippen molar-refractivity contribution in [2.75, 3.05) is 0 Å². The van der Waals surface area contributed by atoms with Gasteiger partial charge in [0.25, 0.3) is 0 Å². The van der Waals surface area contributed by atoms with Crippen molar-refractivity contribution in [3.63, 3.8) is 0 Å². The molecule has 0 aliphatic heterocycles. The van der Waals surface area contributed by atoms with Crippen LogP contribution in [-0.4, -0.2) is 45.0 Å². The number of carbonyl (C=O) groups excluding carboxylic acids is 4. The molecule has 0 saturated carbocycles. The molecule has 0 N–H and O–H groups in total. The fraction of sp³-hybridized carbons (Fsp3) is 0.286. The molecule has 0 aliphatic rings. The summed E-state index contributed by atoms with van der Waals surface area (Å²) in [7, 11) is 0. The molecule has 0 bridgehead atoms. The van der Waals surface area contributed by atoms with Gasteiger partial charge in [-0.05, 0) is 23.3 Å². The maximum Gasteiger partial charge on any atom is 0.331 e. The molecule has 0 heterocycles. The fourth-order valence-corrected chi connectivity index (χ4v) is 5.04. The summed E-state index contributed by atoms with van der Waals surface area (Å²) in [6.07, 6.45) is 5.77. The second kappa shape index (κ2) is 23.0. The standard InChI is InChI=1S/2C11H10O4.2C3H7.Sn/c2*12-10(13)6-7-11(14)15-8-9-4-2-1-3-5-9;2*1-3-2;/h2*1-7H,8H2,(H,12,13);2*1,3H2,2H3;/q;;;;+2/p-2/b2*7-6-;;;. The van der Waals surface area contributed by atoms with Crippen molar-refractivity contribution < 1.29 is 38.9 Å². The van der Waals surface area contributed by atoms with E-state index >= 15 is 0 Å². The van der Waals surface area contributed by atoms with Crippen molar-refractivity contribution >= 4 is 45.0 Å². The third-order valence-electron chi connectivity index (χ3n) is 4.01. The van der Waals surface area contributed by atoms with Crippen LogP contribution in [0, 0.1) is 0 Å². The van der Waals surface area contributed by atoms with Gasteiger partial charge < -0.3 is 29.3 Å². The van der Waals surface area contributed by atoms with Crippen LogP contribution in [0.1, 0.15) is 37.8 Å². The molecule has 9 heteroatoms. The molecular weight excluding hydrogens is 583 g/mol. The topological polar surface area (TPSA) is 133 Å². The monoisotopic (exact) mass is 616 g/mol. The molecule has 0 radical (unpaired) electrons. The van der Waals surface area contributed by atoms with Crippen LogP contribution >= 0.6 is 0 Å². The zero-order valence-corrected chi connectivity index (χ0v) is 23.9. The van der Waals surface area contributed by atoms with Crippen molar-refractivity contribution in [1.29, 1.82) is 0 Å². The number of carboxylic acid groups (broad SMARTS) is 2. The van der Waals surface area contributed by atoms with Gasteiger partial charge in [0.15, 0.2) is 0 Å². The molecule has 37 heavy (non-hydrogen) atoms. The maximum atomic E-state index is 10.9. The average Bonchev–Trinajstić information content (AvgIpc) is 2.90. The van der Waals surface area contributed by atoms with E-state index in [9.17, 15) is 29.4 Å². The van der Waals surface area contributed by atoms with Crippen molar-refractivity contribution in [2.24, 2.45) is 0 Å². The number of hydrogen-bond acceptors (Lipinski definition) is 8. The Hall–Kier alpha value is -3.40. The number of aliphatic carboxylic acids is 2. The smallest absolute Gasteiger partial charge is 0.331 e. The summed E-state index contributed by atoms with van der Waals surface area (Å²) in [6, 6.07) is 18.2. The Morgan fingerprint density at radius 3 is 1.30 bits per heavy atom. The first kappa shape index (κ1) is 33.6. The van der Waals surface area contributed by atoms with E-state index < -0.39 is 23.9 Å². The van der Waals surface area contributed by atoms with Crippen LogP contribution in [0.5, 0.6) is 0 Å². The molecule has 0 unspecified atom stereocenters. The largest absolute Gasteiger partial charge is 0.545 e. The molecule has 0 aliphatic carbocycles. The molecule has 0 saturated heterocycles. The van der Waals surface area contributed by atoms with E-state index in [2.05, 4.69) is 13.8 Å². The van der Waals surface area contributed by atoms with Gasteiger partial charge in [0, 0.05) is 12.2 Å². The minimum Gasteiger partial charge on any atom is -0.545 e. The quantitative estimate of drug-likeness (QED) is 0.154. The van der Waals surface area contributed by atoms with Crippen molar-refractivity contribution in [3.8, 4) is 0 Å². The number of benzene rings is 2. The van der Waals surface area contributed by atoms with Crippen LogP contribution in [0.3, 0.4) is 0 Å². The van der Waals surface area contributed by atoms with E-state index in [4.69, 9.17) is 9.47 Å². The Kier molecular flexibility index (Phi) is 20.9. The first-order chi connectivity index (χ1) is 17.8. The SMILES string of the molecule is CC[CH2][Sn+2][CH2]CC.O=C([O-])/C=C\C(=O)OCc1ccccc1.O=C([O-])/C=C\C(=O)OCc1ccccc1. The predicted octanol–water partition coefficient (Wildman–Crippen LogP) is 2.42. The van der Waals surface area contributed by atoms with Crippen LogP contribution < -0.4 is 10.2 Å². The molecule has 0 aromatic heterocycles. The third-order valence-corrected chi connectivity index (χ3v) is 8.88. The van der Waals surface area contributed by atoms with Crippen molar-refractivity contribution in [2.45, 2.75) is 48.8 Å². The van der Waals surface area contributed by atoms with Gasteiger partial charge in [-0.15, -0.1) is 0 Å². The van der Waals surface area contributed by atoms with E-state index in [-0.39, 0.29) is 34.4 Å². The molecule has 0 atom stereocenters. The molecule has 2 aromatic rings. The second-order valence-electron chi connectivity index (χ2n) is 7.24. The molecule has 196 valence electrons. The third kappa shape index (κ3) is 22.8. The number of hydrogen-bond donors (Lipinski definition) is 0. The van der Waals surface area contributed by atoms with Gasteiger partial charge >= 0.3 is 68.6 Å². The van der Waals surface area contributed by atoms with E-state index in [1.807, 2.05) is 36.4 Å². The summed E-state index contributed by atoms with van der Waals surface area (Å²) in [5.41, 5.74) is 1.68. The van der Waals surface area contributed by atoms with E-state index in [1.165, 1.54) is 12.8 Å². The zero-order chi connectivity index (χ0) is 27.7. The van der Waals surface area contributed by atoms with Gasteiger partial charge in [-0.1, -0.05) is 60.7 Å². The van der Waals surface area contributed by atoms with Gasteiger partial charge in [-0.3, -0.25) is 0 Å². The van der Waals surface area contributed by atoms with Crippen molar-refractivity contribution in [1.82, 2.24) is 0 Å². The van der Waals surface area contributed by atoms with Crippen molar-refractivity contribution in [3.05, 3.63) is 96.1 Å². The predicted molar refractivity (Wildman–Crippen MR) is 137 cm³/mol. The molecule has 0 spiro atoms. The van der Waals surface area contributed by atoms with Gasteiger partial charge in [-0.25, -0.2) is 9.59 Å². The van der Waals surface area contributed by atoms with E-state index in [0.717, 1.165) is 23.3 Å². The average molecular weight is 615 g/mol. The van der Waals surface area contributed by atoms with Crippen LogP contribution in [0.15, 0.2) is 85.0 Å². The second-order valence-corrected chi connectivity index (χ2v) is 11.5. The molecular formula is C28H32O8Sn. The minimum absolute atomic E-state index is 0.122. The normalized spacial score (nSPS) is 9.78. The Balaban J connectivity index is 0.000000563. The fourth-order valence-electron chi connectivity index (χ4n) is 2.30. The van der Waals surface area contributed by atoms with E-state index in [0.29, 0.717) is 12.2 Å². The van der Waals surface area contributed by atoms with Gasteiger partial charge in [0.1, 0.15) is 13.2 Å². The number of rotatable bonds is 12. The summed E-state index contributed by atoms with van der Waals surface area (Å²) < 4.78 is 12.7. The summed E-state index contributed by atoms with van der Waals surface area (Å²) in [5.74, 6) is -4.26.